The van der Waals surface area contributed by atoms with Crippen molar-refractivity contribution in [2.75, 3.05) is 6.54 Å². The molecule has 0 aliphatic carbocycles. The van der Waals surface area contributed by atoms with Crippen LogP contribution in [0, 0.1) is 0 Å². The third-order valence-corrected chi connectivity index (χ3v) is 3.00. The van der Waals surface area contributed by atoms with E-state index in [2.05, 4.69) is 4.98 Å². The number of pyridine rings is 1. The van der Waals surface area contributed by atoms with Crippen LogP contribution in [-0.4, -0.2) is 43.9 Å². The van der Waals surface area contributed by atoms with Crippen LogP contribution in [0.3, 0.4) is 0 Å². The molecule has 0 spiro atoms. The monoisotopic (exact) mass is 275 g/mol. The number of rotatable bonds is 5. The summed E-state index contributed by atoms with van der Waals surface area (Å²) in [6.07, 6.45) is 3.74. The number of carbonyl (C=O) groups is 2. The molecule has 6 nitrogen and oxygen atoms in total. The summed E-state index contributed by atoms with van der Waals surface area (Å²) < 4.78 is 1.83. The van der Waals surface area contributed by atoms with Gasteiger partial charge in [0.25, 0.3) is 0 Å². The number of aromatic nitrogens is 2. The van der Waals surface area contributed by atoms with Gasteiger partial charge in [0, 0.05) is 18.4 Å². The van der Waals surface area contributed by atoms with Crippen LogP contribution >= 0.6 is 0 Å². The van der Waals surface area contributed by atoms with Gasteiger partial charge in [-0.15, -0.1) is 0 Å². The zero-order valence-corrected chi connectivity index (χ0v) is 11.5. The van der Waals surface area contributed by atoms with Crippen LogP contribution in [0.2, 0.25) is 0 Å². The number of imidazole rings is 1. The van der Waals surface area contributed by atoms with Gasteiger partial charge in [-0.2, -0.15) is 0 Å². The maximum atomic E-state index is 12.2. The van der Waals surface area contributed by atoms with Gasteiger partial charge in [0.1, 0.15) is 12.2 Å². The summed E-state index contributed by atoms with van der Waals surface area (Å²) in [5.41, 5.74) is 1.40. The lowest BCUT2D eigenvalue weighted by atomic mass is 10.2. The zero-order chi connectivity index (χ0) is 14.7. The van der Waals surface area contributed by atoms with E-state index in [9.17, 15) is 9.59 Å². The predicted octanol–water partition coefficient (Wildman–Crippen LogP) is 1.20. The van der Waals surface area contributed by atoms with E-state index >= 15 is 0 Å². The van der Waals surface area contributed by atoms with E-state index in [4.69, 9.17) is 5.11 Å². The molecule has 0 unspecified atom stereocenters. The maximum absolute atomic E-state index is 12.2. The average molecular weight is 275 g/mol. The summed E-state index contributed by atoms with van der Waals surface area (Å²) in [6.45, 7) is 3.30. The molecule has 0 saturated heterocycles. The fraction of sp³-hybridized carbons (Fsp3) is 0.357. The van der Waals surface area contributed by atoms with Gasteiger partial charge >= 0.3 is 5.97 Å². The Bertz CT molecular complexity index is 600. The second-order valence-electron chi connectivity index (χ2n) is 4.88. The molecule has 0 atom stereocenters. The van der Waals surface area contributed by atoms with E-state index in [0.717, 1.165) is 5.65 Å². The molecule has 0 saturated carbocycles. The molecule has 2 heterocycles. The number of hydrogen-bond donors (Lipinski definition) is 1. The lowest BCUT2D eigenvalue weighted by Gasteiger charge is -2.24. The smallest absolute Gasteiger partial charge is 0.323 e. The van der Waals surface area contributed by atoms with Crippen LogP contribution in [0.4, 0.5) is 0 Å². The molecule has 1 N–H and O–H groups in total. The number of carboxylic acid groups (broad SMARTS) is 1. The largest absolute Gasteiger partial charge is 0.480 e. The van der Waals surface area contributed by atoms with E-state index in [1.807, 2.05) is 28.8 Å². The molecule has 0 radical (unpaired) electrons. The highest BCUT2D eigenvalue weighted by Crippen LogP contribution is 2.08. The third kappa shape index (κ3) is 3.14. The molecule has 1 amide bonds. The zero-order valence-electron chi connectivity index (χ0n) is 11.5. The van der Waals surface area contributed by atoms with Gasteiger partial charge in [-0.1, -0.05) is 6.07 Å². The van der Waals surface area contributed by atoms with E-state index in [0.29, 0.717) is 5.69 Å². The second kappa shape index (κ2) is 5.73. The van der Waals surface area contributed by atoms with E-state index in [1.54, 1.807) is 20.0 Å². The average Bonchev–Trinajstić information content (AvgIpc) is 2.77. The quantitative estimate of drug-likeness (QED) is 0.889. The Balaban J connectivity index is 2.14. The Morgan fingerprint density at radius 2 is 2.15 bits per heavy atom. The fourth-order valence-electron chi connectivity index (χ4n) is 2.03. The van der Waals surface area contributed by atoms with Crippen LogP contribution in [0.15, 0.2) is 30.6 Å². The molecular formula is C14H17N3O3. The lowest BCUT2D eigenvalue weighted by molar-refractivity contribution is -0.145. The van der Waals surface area contributed by atoms with Crippen LogP contribution in [-0.2, 0) is 16.0 Å². The van der Waals surface area contributed by atoms with Crippen LogP contribution in [0.5, 0.6) is 0 Å². The minimum absolute atomic E-state index is 0.104. The number of amides is 1. The highest BCUT2D eigenvalue weighted by Gasteiger charge is 2.20. The Morgan fingerprint density at radius 1 is 1.40 bits per heavy atom. The first-order valence-electron chi connectivity index (χ1n) is 6.41. The maximum Gasteiger partial charge on any atom is 0.323 e. The summed E-state index contributed by atoms with van der Waals surface area (Å²) in [4.78, 5) is 28.7. The number of aliphatic carboxylic acids is 1. The molecule has 0 aliphatic heterocycles. The van der Waals surface area contributed by atoms with Crippen molar-refractivity contribution in [1.82, 2.24) is 14.3 Å². The molecule has 6 heteroatoms. The molecule has 0 fully saturated rings. The SMILES string of the molecule is CC(C)N(CC(=O)O)C(=O)Cc1cn2ccccc2n1. The molecule has 106 valence electrons. The van der Waals surface area contributed by atoms with Gasteiger partial charge in [-0.25, -0.2) is 4.98 Å². The predicted molar refractivity (Wildman–Crippen MR) is 73.4 cm³/mol. The fourth-order valence-corrected chi connectivity index (χ4v) is 2.03. The van der Waals surface area contributed by atoms with Crippen molar-refractivity contribution in [3.63, 3.8) is 0 Å². The third-order valence-electron chi connectivity index (χ3n) is 3.00. The van der Waals surface area contributed by atoms with Crippen molar-refractivity contribution in [2.24, 2.45) is 0 Å². The van der Waals surface area contributed by atoms with E-state index in [-0.39, 0.29) is 24.9 Å². The summed E-state index contributed by atoms with van der Waals surface area (Å²) in [6, 6.07) is 5.45. The highest BCUT2D eigenvalue weighted by atomic mass is 16.4. The van der Waals surface area contributed by atoms with E-state index < -0.39 is 5.97 Å². The van der Waals surface area contributed by atoms with Crippen molar-refractivity contribution in [2.45, 2.75) is 26.3 Å². The Labute approximate surface area is 116 Å². The van der Waals surface area contributed by atoms with Crippen LogP contribution < -0.4 is 0 Å². The van der Waals surface area contributed by atoms with Crippen LogP contribution in [0.1, 0.15) is 19.5 Å². The van der Waals surface area contributed by atoms with E-state index in [1.165, 1.54) is 4.90 Å². The first-order chi connectivity index (χ1) is 9.47. The summed E-state index contributed by atoms with van der Waals surface area (Å²) in [5.74, 6) is -1.24. The molecule has 0 aromatic carbocycles. The minimum atomic E-state index is -1.01. The first-order valence-corrected chi connectivity index (χ1v) is 6.41. The molecule has 20 heavy (non-hydrogen) atoms. The summed E-state index contributed by atoms with van der Waals surface area (Å²) in [5, 5.41) is 8.85. The topological polar surface area (TPSA) is 74.9 Å². The Morgan fingerprint density at radius 3 is 2.75 bits per heavy atom. The van der Waals surface area contributed by atoms with Crippen molar-refractivity contribution in [1.29, 1.82) is 0 Å². The molecule has 0 bridgehead atoms. The number of fused-ring (bicyclic) bond motifs is 1. The Hall–Kier alpha value is -2.37. The van der Waals surface area contributed by atoms with Gasteiger partial charge in [-0.3, -0.25) is 9.59 Å². The second-order valence-corrected chi connectivity index (χ2v) is 4.88. The number of carboxylic acids is 1. The summed E-state index contributed by atoms with van der Waals surface area (Å²) >= 11 is 0. The molecule has 2 rings (SSSR count). The normalized spacial score (nSPS) is 10.9. The lowest BCUT2D eigenvalue weighted by Crippen LogP contribution is -2.41. The summed E-state index contributed by atoms with van der Waals surface area (Å²) in [7, 11) is 0. The molecule has 0 aliphatic rings. The highest BCUT2D eigenvalue weighted by molar-refractivity contribution is 5.83. The van der Waals surface area contributed by atoms with Gasteiger partial charge in [0.05, 0.1) is 12.1 Å². The van der Waals surface area contributed by atoms with Crippen molar-refractivity contribution in [3.05, 3.63) is 36.3 Å². The minimum Gasteiger partial charge on any atom is -0.480 e. The van der Waals surface area contributed by atoms with Gasteiger partial charge in [0.15, 0.2) is 0 Å². The molecular weight excluding hydrogens is 258 g/mol. The number of carbonyl (C=O) groups excluding carboxylic acids is 1. The van der Waals surface area contributed by atoms with Crippen molar-refractivity contribution in [3.8, 4) is 0 Å². The molecule has 2 aromatic rings. The van der Waals surface area contributed by atoms with Gasteiger partial charge in [-0.05, 0) is 26.0 Å². The van der Waals surface area contributed by atoms with Crippen LogP contribution in [0.25, 0.3) is 5.65 Å². The van der Waals surface area contributed by atoms with Gasteiger partial charge < -0.3 is 14.4 Å². The standard InChI is InChI=1S/C14H17N3O3/c1-10(2)17(9-14(19)20)13(18)7-11-8-16-6-4-3-5-12(16)15-11/h3-6,8,10H,7,9H2,1-2H3,(H,19,20). The van der Waals surface area contributed by atoms with Crippen molar-refractivity contribution < 1.29 is 14.7 Å². The van der Waals surface area contributed by atoms with Crippen molar-refractivity contribution >= 4 is 17.5 Å². The number of hydrogen-bond acceptors (Lipinski definition) is 3. The Kier molecular flexibility index (Phi) is 4.02. The van der Waals surface area contributed by atoms with Gasteiger partial charge in [0.2, 0.25) is 5.91 Å². The number of nitrogens with zero attached hydrogens (tertiary/aromatic N) is 3. The first kappa shape index (κ1) is 14.0. The molecule has 2 aromatic heterocycles.